The van der Waals surface area contributed by atoms with Gasteiger partial charge in [0.25, 0.3) is 5.91 Å². The summed E-state index contributed by atoms with van der Waals surface area (Å²) >= 11 is 0. The molecule has 28 heavy (non-hydrogen) atoms. The maximum atomic E-state index is 12.9. The molecule has 1 aliphatic heterocycles. The van der Waals surface area contributed by atoms with E-state index in [1.165, 1.54) is 4.68 Å². The van der Waals surface area contributed by atoms with Crippen molar-refractivity contribution in [1.82, 2.24) is 30.4 Å². The van der Waals surface area contributed by atoms with E-state index in [1.807, 2.05) is 13.8 Å². The third kappa shape index (κ3) is 4.85. The maximum Gasteiger partial charge on any atom is 0.254 e. The van der Waals surface area contributed by atoms with Gasteiger partial charge in [0.15, 0.2) is 5.82 Å². The molecular weight excluding hydrogens is 360 g/mol. The van der Waals surface area contributed by atoms with Gasteiger partial charge in [0.05, 0.1) is 5.92 Å². The Kier molecular flexibility index (Phi) is 6.23. The number of aromatic nitrogens is 4. The summed E-state index contributed by atoms with van der Waals surface area (Å²) in [5.41, 5.74) is 0.540. The first-order chi connectivity index (χ1) is 13.4. The van der Waals surface area contributed by atoms with Gasteiger partial charge in [0.1, 0.15) is 12.4 Å². The van der Waals surface area contributed by atoms with Crippen molar-refractivity contribution < 1.29 is 14.3 Å². The van der Waals surface area contributed by atoms with Crippen LogP contribution in [0.25, 0.3) is 0 Å². The Hall–Kier alpha value is -2.97. The lowest BCUT2D eigenvalue weighted by Crippen LogP contribution is -2.46. The zero-order chi connectivity index (χ0) is 20.1. The summed E-state index contributed by atoms with van der Waals surface area (Å²) < 4.78 is 7.25. The highest BCUT2D eigenvalue weighted by atomic mass is 16.5. The quantitative estimate of drug-likeness (QED) is 0.799. The van der Waals surface area contributed by atoms with E-state index < -0.39 is 0 Å². The van der Waals surface area contributed by atoms with E-state index in [1.54, 1.807) is 36.2 Å². The molecule has 1 N–H and O–H groups in total. The van der Waals surface area contributed by atoms with Crippen molar-refractivity contribution in [3.05, 3.63) is 35.7 Å². The summed E-state index contributed by atoms with van der Waals surface area (Å²) in [4.78, 5) is 27.0. The Morgan fingerprint density at radius 3 is 2.89 bits per heavy atom. The molecule has 9 heteroatoms. The molecule has 9 nitrogen and oxygen atoms in total. The molecule has 1 unspecified atom stereocenters. The molecule has 0 radical (unpaired) electrons. The molecule has 2 aromatic rings. The Morgan fingerprint density at radius 1 is 1.36 bits per heavy atom. The van der Waals surface area contributed by atoms with E-state index in [9.17, 15) is 9.59 Å². The smallest absolute Gasteiger partial charge is 0.254 e. The number of nitrogens with one attached hydrogen (secondary N) is 1. The van der Waals surface area contributed by atoms with E-state index in [4.69, 9.17) is 4.74 Å². The van der Waals surface area contributed by atoms with Crippen molar-refractivity contribution >= 4 is 11.8 Å². The summed E-state index contributed by atoms with van der Waals surface area (Å²) in [5, 5.41) is 14.1. The Bertz CT molecular complexity index is 835. The van der Waals surface area contributed by atoms with Crippen LogP contribution in [0.5, 0.6) is 5.75 Å². The minimum Gasteiger partial charge on any atom is -0.486 e. The van der Waals surface area contributed by atoms with E-state index >= 15 is 0 Å². The van der Waals surface area contributed by atoms with Gasteiger partial charge < -0.3 is 15.0 Å². The fraction of sp³-hybridized carbons (Fsp3) is 0.526. The SMILES string of the molecule is CC(C)NC(=O)C1CCCN(C(=O)c2cccc(OCc3nnnn3C)c2)C1. The first-order valence-electron chi connectivity index (χ1n) is 9.48. The molecule has 1 aromatic heterocycles. The van der Waals surface area contributed by atoms with Gasteiger partial charge in [0.2, 0.25) is 5.91 Å². The number of ether oxygens (including phenoxy) is 1. The predicted octanol–water partition coefficient (Wildman–Crippen LogP) is 1.17. The second-order valence-electron chi connectivity index (χ2n) is 7.29. The van der Waals surface area contributed by atoms with Crippen LogP contribution < -0.4 is 10.1 Å². The fourth-order valence-electron chi connectivity index (χ4n) is 3.20. The molecule has 1 aromatic carbocycles. The molecule has 2 amide bonds. The second-order valence-corrected chi connectivity index (χ2v) is 7.29. The van der Waals surface area contributed by atoms with Crippen LogP contribution in [-0.4, -0.2) is 56.1 Å². The maximum absolute atomic E-state index is 12.9. The summed E-state index contributed by atoms with van der Waals surface area (Å²) in [6.07, 6.45) is 1.62. The Balaban J connectivity index is 1.63. The van der Waals surface area contributed by atoms with Crippen LogP contribution in [0.1, 0.15) is 42.9 Å². The lowest BCUT2D eigenvalue weighted by molar-refractivity contribution is -0.126. The number of piperidine rings is 1. The molecule has 1 aliphatic rings. The van der Waals surface area contributed by atoms with Gasteiger partial charge in [-0.1, -0.05) is 6.07 Å². The number of nitrogens with zero attached hydrogens (tertiary/aromatic N) is 5. The molecule has 2 heterocycles. The molecule has 0 aliphatic carbocycles. The molecule has 0 bridgehead atoms. The van der Waals surface area contributed by atoms with Gasteiger partial charge in [-0.3, -0.25) is 9.59 Å². The van der Waals surface area contributed by atoms with E-state index in [0.717, 1.165) is 12.8 Å². The van der Waals surface area contributed by atoms with Gasteiger partial charge in [0, 0.05) is 31.7 Å². The van der Waals surface area contributed by atoms with Crippen molar-refractivity contribution in [2.45, 2.75) is 39.3 Å². The lowest BCUT2D eigenvalue weighted by Gasteiger charge is -2.32. The van der Waals surface area contributed by atoms with Crippen LogP contribution in [0.15, 0.2) is 24.3 Å². The summed E-state index contributed by atoms with van der Waals surface area (Å²) in [5.74, 6) is 0.921. The number of benzene rings is 1. The molecule has 1 saturated heterocycles. The fourth-order valence-corrected chi connectivity index (χ4v) is 3.20. The molecule has 3 rings (SSSR count). The van der Waals surface area contributed by atoms with Gasteiger partial charge in [-0.2, -0.15) is 0 Å². The van der Waals surface area contributed by atoms with Crippen LogP contribution in [0, 0.1) is 5.92 Å². The first-order valence-corrected chi connectivity index (χ1v) is 9.48. The molecule has 0 saturated carbocycles. The number of tetrazole rings is 1. The largest absolute Gasteiger partial charge is 0.486 e. The van der Waals surface area contributed by atoms with Crippen molar-refractivity contribution in [1.29, 1.82) is 0 Å². The van der Waals surface area contributed by atoms with E-state index in [2.05, 4.69) is 20.8 Å². The average molecular weight is 386 g/mol. The van der Waals surface area contributed by atoms with Crippen molar-refractivity contribution in [2.75, 3.05) is 13.1 Å². The number of hydrogen-bond acceptors (Lipinski definition) is 6. The van der Waals surface area contributed by atoms with Gasteiger partial charge in [-0.05, 0) is 55.3 Å². The van der Waals surface area contributed by atoms with Gasteiger partial charge in [-0.25, -0.2) is 4.68 Å². The zero-order valence-electron chi connectivity index (χ0n) is 16.5. The van der Waals surface area contributed by atoms with E-state index in [-0.39, 0.29) is 30.4 Å². The number of carbonyl (C=O) groups is 2. The topological polar surface area (TPSA) is 102 Å². The van der Waals surface area contributed by atoms with Crippen LogP contribution in [0.3, 0.4) is 0 Å². The Labute approximate surface area is 164 Å². The van der Waals surface area contributed by atoms with Crippen LogP contribution >= 0.6 is 0 Å². The number of hydrogen-bond donors (Lipinski definition) is 1. The average Bonchev–Trinajstić information content (AvgIpc) is 3.10. The number of amides is 2. The lowest BCUT2D eigenvalue weighted by atomic mass is 9.96. The second kappa shape index (κ2) is 8.81. The summed E-state index contributed by atoms with van der Waals surface area (Å²) in [6.45, 7) is 5.17. The molecular formula is C19H26N6O3. The van der Waals surface area contributed by atoms with Gasteiger partial charge >= 0.3 is 0 Å². The third-order valence-electron chi connectivity index (χ3n) is 4.67. The molecule has 150 valence electrons. The van der Waals surface area contributed by atoms with Gasteiger partial charge in [-0.15, -0.1) is 5.10 Å². The minimum absolute atomic E-state index is 0.0156. The molecule has 1 atom stereocenters. The number of carbonyl (C=O) groups excluding carboxylic acids is 2. The van der Waals surface area contributed by atoms with Crippen molar-refractivity contribution in [3.63, 3.8) is 0 Å². The minimum atomic E-state index is -0.164. The molecule has 0 spiro atoms. The standard InChI is InChI=1S/C19H26N6O3/c1-13(2)20-18(26)15-7-5-9-25(11-15)19(27)14-6-4-8-16(10-14)28-12-17-21-22-23-24(17)3/h4,6,8,10,13,15H,5,7,9,11-12H2,1-3H3,(H,20,26). The highest BCUT2D eigenvalue weighted by Gasteiger charge is 2.29. The number of rotatable bonds is 6. The number of likely N-dealkylation sites (tertiary alicyclic amines) is 1. The summed E-state index contributed by atoms with van der Waals surface area (Å²) in [7, 11) is 1.74. The first kappa shape index (κ1) is 19.8. The molecule has 1 fully saturated rings. The monoisotopic (exact) mass is 386 g/mol. The zero-order valence-corrected chi connectivity index (χ0v) is 16.5. The van der Waals surface area contributed by atoms with E-state index in [0.29, 0.717) is 30.2 Å². The predicted molar refractivity (Wildman–Crippen MR) is 101 cm³/mol. The highest BCUT2D eigenvalue weighted by Crippen LogP contribution is 2.21. The van der Waals surface area contributed by atoms with Crippen LogP contribution in [-0.2, 0) is 18.4 Å². The van der Waals surface area contributed by atoms with Crippen LogP contribution in [0.2, 0.25) is 0 Å². The van der Waals surface area contributed by atoms with Crippen molar-refractivity contribution in [3.8, 4) is 5.75 Å². The summed E-state index contributed by atoms with van der Waals surface area (Å²) in [6, 6.07) is 7.14. The highest BCUT2D eigenvalue weighted by molar-refractivity contribution is 5.95. The van der Waals surface area contributed by atoms with Crippen LogP contribution in [0.4, 0.5) is 0 Å². The van der Waals surface area contributed by atoms with Crippen molar-refractivity contribution in [2.24, 2.45) is 13.0 Å². The Morgan fingerprint density at radius 2 is 2.18 bits per heavy atom. The third-order valence-corrected chi connectivity index (χ3v) is 4.67. The number of aryl methyl sites for hydroxylation is 1. The normalized spacial score (nSPS) is 16.9.